The van der Waals surface area contributed by atoms with Crippen molar-refractivity contribution < 1.29 is 9.59 Å². The second-order valence-electron chi connectivity index (χ2n) is 8.40. The van der Waals surface area contributed by atoms with E-state index in [2.05, 4.69) is 5.32 Å². The summed E-state index contributed by atoms with van der Waals surface area (Å²) >= 11 is 14.5. The fourth-order valence-corrected chi connectivity index (χ4v) is 5.61. The van der Waals surface area contributed by atoms with E-state index in [1.54, 1.807) is 34.9 Å². The molecule has 1 fully saturated rings. The van der Waals surface area contributed by atoms with Crippen molar-refractivity contribution in [1.82, 2.24) is 10.2 Å². The van der Waals surface area contributed by atoms with E-state index in [4.69, 9.17) is 23.2 Å². The van der Waals surface area contributed by atoms with Crippen LogP contribution in [0.5, 0.6) is 0 Å². The summed E-state index contributed by atoms with van der Waals surface area (Å²) in [4.78, 5) is 29.5. The van der Waals surface area contributed by atoms with E-state index in [0.717, 1.165) is 30.6 Å². The number of nitrogens with zero attached hydrogens (tertiary/aromatic N) is 1. The highest BCUT2D eigenvalue weighted by atomic mass is 35.5. The molecule has 0 heterocycles. The van der Waals surface area contributed by atoms with Crippen LogP contribution in [-0.2, 0) is 16.1 Å². The number of hydrogen-bond donors (Lipinski definition) is 1. The number of halogens is 2. The predicted octanol–water partition coefficient (Wildman–Crippen LogP) is 6.73. The molecule has 2 aromatic rings. The zero-order chi connectivity index (χ0) is 23.6. The van der Waals surface area contributed by atoms with Gasteiger partial charge in [-0.05, 0) is 43.5 Å². The standard InChI is InChI=1S/C26H32Cl2N2O2S/c1-2-24(26(32)29-19-10-5-3-6-11-19)30(18-21-22(27)14-9-15-23(21)28)25(31)16-17-33-20-12-7-4-8-13-20/h4,7-9,12-15,19,24H,2-3,5-6,10-11,16-18H2,1H3,(H,29,32). The number of thioether (sulfide) groups is 1. The van der Waals surface area contributed by atoms with E-state index in [0.29, 0.717) is 34.2 Å². The van der Waals surface area contributed by atoms with Crippen molar-refractivity contribution in [2.45, 2.75) is 75.4 Å². The summed E-state index contributed by atoms with van der Waals surface area (Å²) in [6, 6.07) is 14.9. The normalized spacial score (nSPS) is 15.1. The monoisotopic (exact) mass is 506 g/mol. The number of rotatable bonds is 10. The Hall–Kier alpha value is -1.69. The fraction of sp³-hybridized carbons (Fsp3) is 0.462. The number of hydrogen-bond acceptors (Lipinski definition) is 3. The molecule has 0 aliphatic heterocycles. The quantitative estimate of drug-likeness (QED) is 0.363. The molecule has 7 heteroatoms. The molecule has 1 saturated carbocycles. The highest BCUT2D eigenvalue weighted by Crippen LogP contribution is 2.28. The largest absolute Gasteiger partial charge is 0.352 e. The van der Waals surface area contributed by atoms with Crippen molar-refractivity contribution in [3.63, 3.8) is 0 Å². The van der Waals surface area contributed by atoms with Crippen LogP contribution in [0.1, 0.15) is 57.4 Å². The Morgan fingerprint density at radius 3 is 2.33 bits per heavy atom. The topological polar surface area (TPSA) is 49.4 Å². The molecule has 0 spiro atoms. The molecule has 1 N–H and O–H groups in total. The summed E-state index contributed by atoms with van der Waals surface area (Å²) in [5.74, 6) is 0.479. The molecule has 1 aliphatic rings. The predicted molar refractivity (Wildman–Crippen MR) is 138 cm³/mol. The van der Waals surface area contributed by atoms with Gasteiger partial charge >= 0.3 is 0 Å². The van der Waals surface area contributed by atoms with Gasteiger partial charge in [0.1, 0.15) is 6.04 Å². The van der Waals surface area contributed by atoms with Crippen molar-refractivity contribution in [3.05, 3.63) is 64.1 Å². The Morgan fingerprint density at radius 1 is 1.03 bits per heavy atom. The molecule has 0 bridgehead atoms. The third-order valence-corrected chi connectivity index (χ3v) is 7.78. The lowest BCUT2D eigenvalue weighted by molar-refractivity contribution is -0.141. The SMILES string of the molecule is CCC(C(=O)NC1CCCCC1)N(Cc1c(Cl)cccc1Cl)C(=O)CCSc1ccccc1. The second-order valence-corrected chi connectivity index (χ2v) is 10.4. The van der Waals surface area contributed by atoms with Crippen LogP contribution in [0.4, 0.5) is 0 Å². The minimum Gasteiger partial charge on any atom is -0.352 e. The van der Waals surface area contributed by atoms with E-state index in [1.807, 2.05) is 37.3 Å². The van der Waals surface area contributed by atoms with E-state index in [-0.39, 0.29) is 24.4 Å². The molecule has 2 aromatic carbocycles. The van der Waals surface area contributed by atoms with Crippen LogP contribution in [0.25, 0.3) is 0 Å². The first kappa shape index (κ1) is 25.9. The van der Waals surface area contributed by atoms with E-state index >= 15 is 0 Å². The van der Waals surface area contributed by atoms with Crippen LogP contribution in [0.2, 0.25) is 10.0 Å². The molecular formula is C26H32Cl2N2O2S. The van der Waals surface area contributed by atoms with Crippen molar-refractivity contribution in [3.8, 4) is 0 Å². The smallest absolute Gasteiger partial charge is 0.243 e. The lowest BCUT2D eigenvalue weighted by atomic mass is 9.95. The summed E-state index contributed by atoms with van der Waals surface area (Å²) in [5, 5.41) is 4.20. The van der Waals surface area contributed by atoms with E-state index < -0.39 is 6.04 Å². The van der Waals surface area contributed by atoms with Crippen molar-refractivity contribution in [2.75, 3.05) is 5.75 Å². The summed E-state index contributed by atoms with van der Waals surface area (Å²) in [6.07, 6.45) is 6.35. The minimum absolute atomic E-state index is 0.0694. The Labute approximate surface area is 211 Å². The van der Waals surface area contributed by atoms with Crippen LogP contribution in [0.15, 0.2) is 53.4 Å². The Bertz CT molecular complexity index is 900. The minimum atomic E-state index is -0.562. The van der Waals surface area contributed by atoms with Gasteiger partial charge in [0.15, 0.2) is 0 Å². The summed E-state index contributed by atoms with van der Waals surface area (Å²) in [6.45, 7) is 2.16. The van der Waals surface area contributed by atoms with Gasteiger partial charge in [0.2, 0.25) is 11.8 Å². The summed E-state index contributed by atoms with van der Waals surface area (Å²) in [7, 11) is 0. The molecule has 1 unspecified atom stereocenters. The van der Waals surface area contributed by atoms with Gasteiger partial charge in [0, 0.05) is 45.3 Å². The average molecular weight is 508 g/mol. The van der Waals surface area contributed by atoms with Gasteiger partial charge in [0.25, 0.3) is 0 Å². The van der Waals surface area contributed by atoms with Gasteiger partial charge in [-0.1, -0.05) is 73.7 Å². The van der Waals surface area contributed by atoms with Gasteiger partial charge in [0.05, 0.1) is 0 Å². The van der Waals surface area contributed by atoms with Crippen LogP contribution in [-0.4, -0.2) is 34.6 Å². The molecule has 1 atom stereocenters. The van der Waals surface area contributed by atoms with Gasteiger partial charge in [-0.25, -0.2) is 0 Å². The lowest BCUT2D eigenvalue weighted by Crippen LogP contribution is -2.51. The lowest BCUT2D eigenvalue weighted by Gasteiger charge is -2.33. The molecule has 33 heavy (non-hydrogen) atoms. The first-order chi connectivity index (χ1) is 16.0. The van der Waals surface area contributed by atoms with Crippen LogP contribution in [0, 0.1) is 0 Å². The number of benzene rings is 2. The highest BCUT2D eigenvalue weighted by molar-refractivity contribution is 7.99. The first-order valence-electron chi connectivity index (χ1n) is 11.7. The molecular weight excluding hydrogens is 475 g/mol. The molecule has 1 aliphatic carbocycles. The molecule has 0 saturated heterocycles. The number of carbonyl (C=O) groups is 2. The van der Waals surface area contributed by atoms with Crippen molar-refractivity contribution in [1.29, 1.82) is 0 Å². The average Bonchev–Trinajstić information content (AvgIpc) is 2.82. The van der Waals surface area contributed by atoms with Gasteiger partial charge in [-0.2, -0.15) is 0 Å². The van der Waals surface area contributed by atoms with Gasteiger partial charge in [-0.15, -0.1) is 11.8 Å². The molecule has 3 rings (SSSR count). The summed E-state index contributed by atoms with van der Waals surface area (Å²) in [5.41, 5.74) is 0.675. The first-order valence-corrected chi connectivity index (χ1v) is 13.4. The third-order valence-electron chi connectivity index (χ3n) is 6.06. The second kappa shape index (κ2) is 13.3. The van der Waals surface area contributed by atoms with Crippen LogP contribution in [0.3, 0.4) is 0 Å². The van der Waals surface area contributed by atoms with E-state index in [1.165, 1.54) is 6.42 Å². The van der Waals surface area contributed by atoms with Gasteiger partial charge < -0.3 is 10.2 Å². The molecule has 0 aromatic heterocycles. The molecule has 4 nitrogen and oxygen atoms in total. The molecule has 2 amide bonds. The number of nitrogens with one attached hydrogen (secondary N) is 1. The maximum absolute atomic E-state index is 13.4. The van der Waals surface area contributed by atoms with Crippen molar-refractivity contribution in [2.24, 2.45) is 0 Å². The Balaban J connectivity index is 1.75. The fourth-order valence-electron chi connectivity index (χ4n) is 4.23. The maximum atomic E-state index is 13.4. The molecule has 178 valence electrons. The maximum Gasteiger partial charge on any atom is 0.243 e. The van der Waals surface area contributed by atoms with Gasteiger partial charge in [-0.3, -0.25) is 9.59 Å². The van der Waals surface area contributed by atoms with Crippen LogP contribution >= 0.6 is 35.0 Å². The number of amides is 2. The van der Waals surface area contributed by atoms with Crippen LogP contribution < -0.4 is 5.32 Å². The number of carbonyl (C=O) groups excluding carboxylic acids is 2. The zero-order valence-corrected chi connectivity index (χ0v) is 21.4. The Kier molecular flexibility index (Phi) is 10.4. The third kappa shape index (κ3) is 7.66. The summed E-state index contributed by atoms with van der Waals surface area (Å²) < 4.78 is 0. The Morgan fingerprint density at radius 2 is 1.70 bits per heavy atom. The molecule has 0 radical (unpaired) electrons. The van der Waals surface area contributed by atoms with Crippen molar-refractivity contribution >= 4 is 46.8 Å². The highest BCUT2D eigenvalue weighted by Gasteiger charge is 2.31. The van der Waals surface area contributed by atoms with E-state index in [9.17, 15) is 9.59 Å². The zero-order valence-electron chi connectivity index (χ0n) is 19.1.